The Morgan fingerprint density at radius 1 is 1.07 bits per heavy atom. The minimum absolute atomic E-state index is 0.00684. The van der Waals surface area contributed by atoms with Crippen LogP contribution in [0.2, 0.25) is 0 Å². The van der Waals surface area contributed by atoms with Crippen LogP contribution in [-0.2, 0) is 30.9 Å². The number of carbonyl (C=O) groups excluding carboxylic acids is 3. The number of carbonyl (C=O) groups is 3. The molecule has 0 aliphatic carbocycles. The van der Waals surface area contributed by atoms with E-state index in [9.17, 15) is 22.8 Å². The van der Waals surface area contributed by atoms with E-state index in [0.717, 1.165) is 12.8 Å². The van der Waals surface area contributed by atoms with Gasteiger partial charge >= 0.3 is 0 Å². The predicted octanol–water partition coefficient (Wildman–Crippen LogP) is 2.02. The average Bonchev–Trinajstić information content (AvgIpc) is 3.74. The van der Waals surface area contributed by atoms with Gasteiger partial charge in [-0.05, 0) is 60.4 Å². The van der Waals surface area contributed by atoms with E-state index in [-0.39, 0.29) is 36.4 Å². The lowest BCUT2D eigenvalue weighted by Gasteiger charge is -2.32. The zero-order chi connectivity index (χ0) is 29.3. The molecule has 1 fully saturated rings. The van der Waals surface area contributed by atoms with Gasteiger partial charge in [0.25, 0.3) is 15.9 Å². The largest absolute Gasteiger partial charge is 0.454 e. The number of hydrogen-bond acceptors (Lipinski definition) is 9. The Morgan fingerprint density at radius 3 is 2.62 bits per heavy atom. The van der Waals surface area contributed by atoms with E-state index in [0.29, 0.717) is 33.5 Å². The first-order chi connectivity index (χ1) is 20.3. The molecule has 0 bridgehead atoms. The molecule has 0 spiro atoms. The summed E-state index contributed by atoms with van der Waals surface area (Å²) in [6.07, 6.45) is 4.56. The van der Waals surface area contributed by atoms with Crippen LogP contribution in [0.1, 0.15) is 40.4 Å². The zero-order valence-electron chi connectivity index (χ0n) is 22.5. The van der Waals surface area contributed by atoms with Gasteiger partial charge in [0.05, 0.1) is 11.7 Å². The van der Waals surface area contributed by atoms with Gasteiger partial charge in [-0.1, -0.05) is 18.2 Å². The van der Waals surface area contributed by atoms with Gasteiger partial charge in [-0.3, -0.25) is 19.4 Å². The first-order valence-corrected chi connectivity index (χ1v) is 14.9. The van der Waals surface area contributed by atoms with Crippen LogP contribution < -0.4 is 14.8 Å². The van der Waals surface area contributed by atoms with E-state index in [4.69, 9.17) is 14.2 Å². The maximum Gasteiger partial charge on any atom is 0.269 e. The molecule has 3 aliphatic rings. The van der Waals surface area contributed by atoms with Crippen molar-refractivity contribution in [2.45, 2.75) is 36.4 Å². The minimum atomic E-state index is -4.26. The van der Waals surface area contributed by atoms with Crippen LogP contribution in [-0.4, -0.2) is 72.9 Å². The second-order valence-corrected chi connectivity index (χ2v) is 11.9. The lowest BCUT2D eigenvalue weighted by atomic mass is 10.0. The summed E-state index contributed by atoms with van der Waals surface area (Å²) in [4.78, 5) is 46.2. The smallest absolute Gasteiger partial charge is 0.269 e. The van der Waals surface area contributed by atoms with Gasteiger partial charge in [-0.15, -0.1) is 0 Å². The highest BCUT2D eigenvalue weighted by Gasteiger charge is 2.43. The molecule has 12 nitrogen and oxygen atoms in total. The first kappa shape index (κ1) is 27.7. The Morgan fingerprint density at radius 2 is 1.86 bits per heavy atom. The molecule has 13 heteroatoms. The van der Waals surface area contributed by atoms with Crippen molar-refractivity contribution in [3.63, 3.8) is 0 Å². The van der Waals surface area contributed by atoms with E-state index in [1.807, 2.05) is 0 Å². The lowest BCUT2D eigenvalue weighted by molar-refractivity contribution is -0.141. The normalized spacial score (nSPS) is 18.9. The van der Waals surface area contributed by atoms with Gasteiger partial charge in [-0.2, -0.15) is 0 Å². The highest BCUT2D eigenvalue weighted by atomic mass is 32.2. The molecule has 1 aromatic heterocycles. The molecule has 4 heterocycles. The number of ether oxygens (including phenoxy) is 3. The molecule has 0 unspecified atom stereocenters. The van der Waals surface area contributed by atoms with E-state index in [1.54, 1.807) is 36.4 Å². The monoisotopic (exact) mass is 592 g/mol. The molecule has 42 heavy (non-hydrogen) atoms. The molecule has 3 aliphatic heterocycles. The Labute approximate surface area is 242 Å². The average molecular weight is 593 g/mol. The van der Waals surface area contributed by atoms with Gasteiger partial charge in [0.1, 0.15) is 17.5 Å². The van der Waals surface area contributed by atoms with Crippen LogP contribution in [0.4, 0.5) is 0 Å². The highest BCUT2D eigenvalue weighted by molar-refractivity contribution is 7.90. The summed E-state index contributed by atoms with van der Waals surface area (Å²) in [5.74, 6) is -1.000. The van der Waals surface area contributed by atoms with E-state index < -0.39 is 40.3 Å². The topological polar surface area (TPSA) is 144 Å². The van der Waals surface area contributed by atoms with Crippen molar-refractivity contribution in [1.29, 1.82) is 0 Å². The van der Waals surface area contributed by atoms with E-state index in [1.165, 1.54) is 35.5 Å². The summed E-state index contributed by atoms with van der Waals surface area (Å²) in [5, 5.41) is 2.90. The van der Waals surface area contributed by atoms with Crippen molar-refractivity contribution in [2.75, 3.05) is 26.5 Å². The number of amides is 3. The summed E-state index contributed by atoms with van der Waals surface area (Å²) in [5.41, 5.74) is 1.06. The quantitative estimate of drug-likeness (QED) is 0.395. The zero-order valence-corrected chi connectivity index (χ0v) is 23.3. The summed E-state index contributed by atoms with van der Waals surface area (Å²) >= 11 is 0. The number of nitrogens with one attached hydrogen (secondary N) is 1. The third-order valence-electron chi connectivity index (χ3n) is 7.41. The molecule has 1 N–H and O–H groups in total. The number of fused-ring (bicyclic) bond motifs is 2. The number of sulfonamides is 1. The fourth-order valence-corrected chi connectivity index (χ4v) is 6.81. The molecule has 0 radical (unpaired) electrons. The third-order valence-corrected chi connectivity index (χ3v) is 9.20. The predicted molar refractivity (Wildman–Crippen MR) is 147 cm³/mol. The molecule has 1 saturated heterocycles. The lowest BCUT2D eigenvalue weighted by Crippen LogP contribution is -2.48. The Bertz CT molecular complexity index is 1630. The van der Waals surface area contributed by atoms with Crippen LogP contribution >= 0.6 is 0 Å². The third kappa shape index (κ3) is 5.28. The summed E-state index contributed by atoms with van der Waals surface area (Å²) < 4.78 is 43.6. The fourth-order valence-electron chi connectivity index (χ4n) is 5.30. The van der Waals surface area contributed by atoms with Crippen molar-refractivity contribution in [1.82, 2.24) is 19.5 Å². The van der Waals surface area contributed by atoms with Crippen molar-refractivity contribution >= 4 is 27.7 Å². The molecule has 218 valence electrons. The summed E-state index contributed by atoms with van der Waals surface area (Å²) in [6, 6.07) is 13.0. The highest BCUT2D eigenvalue weighted by Crippen LogP contribution is 2.35. The summed E-state index contributed by atoms with van der Waals surface area (Å²) in [7, 11) is -4.26. The van der Waals surface area contributed by atoms with Crippen molar-refractivity contribution in [2.24, 2.45) is 0 Å². The molecule has 6 rings (SSSR count). The van der Waals surface area contributed by atoms with Crippen molar-refractivity contribution < 1.29 is 37.0 Å². The Hall–Kier alpha value is -4.49. The van der Waals surface area contributed by atoms with Gasteiger partial charge in [0.15, 0.2) is 11.5 Å². The second kappa shape index (κ2) is 11.4. The van der Waals surface area contributed by atoms with Crippen LogP contribution in [0, 0.1) is 0 Å². The number of aromatic nitrogens is 1. The van der Waals surface area contributed by atoms with Crippen LogP contribution in [0.3, 0.4) is 0 Å². The summed E-state index contributed by atoms with van der Waals surface area (Å²) in [6.45, 7) is 0.0403. The van der Waals surface area contributed by atoms with E-state index in [2.05, 4.69) is 10.3 Å². The van der Waals surface area contributed by atoms with Crippen molar-refractivity contribution in [3.05, 3.63) is 83.7 Å². The van der Waals surface area contributed by atoms with Crippen LogP contribution in [0.25, 0.3) is 0 Å². The maximum absolute atomic E-state index is 14.1. The van der Waals surface area contributed by atoms with Gasteiger partial charge < -0.3 is 24.4 Å². The molecule has 0 saturated carbocycles. The number of pyridine rings is 1. The van der Waals surface area contributed by atoms with Crippen LogP contribution in [0.15, 0.2) is 71.9 Å². The Kier molecular flexibility index (Phi) is 7.52. The molecule has 2 atom stereocenters. The second-order valence-electron chi connectivity index (χ2n) is 10.1. The maximum atomic E-state index is 14.1. The first-order valence-electron chi connectivity index (χ1n) is 13.5. The Balaban J connectivity index is 1.35. The van der Waals surface area contributed by atoms with Gasteiger partial charge in [0.2, 0.25) is 18.6 Å². The SMILES string of the molecule is O=C(NC[C@@H]1CCCO1)[C@@H](c1ccncc1)N(Cc1ccc2c(c1)OCO2)C(=O)CN1C(=O)c2ccccc2S1(=O)=O. The number of nitrogens with zero attached hydrogens (tertiary/aromatic N) is 3. The van der Waals surface area contributed by atoms with Crippen LogP contribution in [0.5, 0.6) is 11.5 Å². The molecular weight excluding hydrogens is 564 g/mol. The fraction of sp³-hybridized carbons (Fsp3) is 0.310. The van der Waals surface area contributed by atoms with Crippen molar-refractivity contribution in [3.8, 4) is 11.5 Å². The standard InChI is InChI=1S/C29H28N4O8S/c34-26(17-33-29(36)22-5-1-2-6-25(22)42(33,37)38)32(16-19-7-8-23-24(14-19)41-18-40-23)27(20-9-11-30-12-10-20)28(35)31-15-21-4-3-13-39-21/h1-2,5-12,14,21,27H,3-4,13,15-18H2,(H,31,35)/t21-,27+/m0/s1. The number of benzene rings is 2. The molecule has 2 aromatic carbocycles. The molecule has 3 aromatic rings. The minimum Gasteiger partial charge on any atom is -0.454 e. The number of rotatable bonds is 9. The van der Waals surface area contributed by atoms with E-state index >= 15 is 0 Å². The molecule has 3 amide bonds. The number of hydrogen-bond donors (Lipinski definition) is 1. The van der Waals surface area contributed by atoms with Gasteiger partial charge in [0, 0.05) is 32.1 Å². The molecular formula is C29H28N4O8S. The van der Waals surface area contributed by atoms with Gasteiger partial charge in [-0.25, -0.2) is 12.7 Å².